The molecular formula is C7H12N2O3. The molecule has 0 atom stereocenters. The lowest BCUT2D eigenvalue weighted by molar-refractivity contribution is -0.138. The molecule has 0 saturated heterocycles. The van der Waals surface area contributed by atoms with Gasteiger partial charge in [0.25, 0.3) is 0 Å². The molecule has 68 valence electrons. The minimum atomic E-state index is -0.914. The maximum absolute atomic E-state index is 10.5. The number of carbonyl (C=O) groups is 2. The molecule has 1 aliphatic rings. The van der Waals surface area contributed by atoms with Crippen molar-refractivity contribution in [3.8, 4) is 0 Å². The molecule has 0 aromatic heterocycles. The Morgan fingerprint density at radius 1 is 1.42 bits per heavy atom. The van der Waals surface area contributed by atoms with Gasteiger partial charge in [-0.25, -0.2) is 0 Å². The topological polar surface area (TPSA) is 83.6 Å². The van der Waals surface area contributed by atoms with Gasteiger partial charge in [0.2, 0.25) is 5.91 Å². The summed E-state index contributed by atoms with van der Waals surface area (Å²) >= 11 is 0. The van der Waals surface area contributed by atoms with Gasteiger partial charge < -0.3 is 10.8 Å². The fourth-order valence-electron chi connectivity index (χ4n) is 1.13. The van der Waals surface area contributed by atoms with Gasteiger partial charge in [-0.2, -0.15) is 0 Å². The highest BCUT2D eigenvalue weighted by atomic mass is 16.4. The summed E-state index contributed by atoms with van der Waals surface area (Å²) in [5.41, 5.74) is 4.96. The molecule has 0 aromatic carbocycles. The molecule has 1 aliphatic carbocycles. The van der Waals surface area contributed by atoms with Crippen molar-refractivity contribution < 1.29 is 14.7 Å². The van der Waals surface area contributed by atoms with Crippen molar-refractivity contribution >= 4 is 11.9 Å². The zero-order chi connectivity index (χ0) is 9.14. The Morgan fingerprint density at radius 3 is 2.33 bits per heavy atom. The highest BCUT2D eigenvalue weighted by Gasteiger charge is 2.30. The maximum Gasteiger partial charge on any atom is 0.317 e. The molecule has 0 radical (unpaired) electrons. The number of hydrogen-bond donors (Lipinski definition) is 2. The van der Waals surface area contributed by atoms with Crippen molar-refractivity contribution in [3.63, 3.8) is 0 Å². The average Bonchev–Trinajstić information content (AvgIpc) is 2.63. The van der Waals surface area contributed by atoms with Crippen molar-refractivity contribution in [3.05, 3.63) is 0 Å². The van der Waals surface area contributed by atoms with E-state index in [1.165, 1.54) is 0 Å². The summed E-state index contributed by atoms with van der Waals surface area (Å²) in [6, 6.07) is 0.258. The molecule has 1 amide bonds. The monoisotopic (exact) mass is 172 g/mol. The van der Waals surface area contributed by atoms with Crippen molar-refractivity contribution in [1.82, 2.24) is 4.90 Å². The molecule has 0 aliphatic heterocycles. The minimum Gasteiger partial charge on any atom is -0.480 e. The van der Waals surface area contributed by atoms with Gasteiger partial charge in [0.1, 0.15) is 0 Å². The van der Waals surface area contributed by atoms with Crippen LogP contribution in [0.15, 0.2) is 0 Å². The number of nitrogens with zero attached hydrogens (tertiary/aromatic N) is 1. The van der Waals surface area contributed by atoms with Crippen LogP contribution in [0.1, 0.15) is 12.8 Å². The van der Waals surface area contributed by atoms with Crippen LogP contribution in [0.4, 0.5) is 0 Å². The molecule has 1 saturated carbocycles. The van der Waals surface area contributed by atoms with Crippen LogP contribution in [0, 0.1) is 0 Å². The quantitative estimate of drug-likeness (QED) is 0.558. The molecular weight excluding hydrogens is 160 g/mol. The fraction of sp³-hybridized carbons (Fsp3) is 0.714. The Morgan fingerprint density at radius 2 is 2.00 bits per heavy atom. The van der Waals surface area contributed by atoms with Crippen LogP contribution in [0.5, 0.6) is 0 Å². The molecule has 0 bridgehead atoms. The number of aliphatic carboxylic acids is 1. The third kappa shape index (κ3) is 2.87. The van der Waals surface area contributed by atoms with Crippen LogP contribution in [-0.4, -0.2) is 41.0 Å². The van der Waals surface area contributed by atoms with Gasteiger partial charge >= 0.3 is 5.97 Å². The van der Waals surface area contributed by atoms with Crippen LogP contribution in [0.25, 0.3) is 0 Å². The number of nitrogens with two attached hydrogens (primary N) is 1. The number of amides is 1. The Labute approximate surface area is 70.1 Å². The van der Waals surface area contributed by atoms with Crippen LogP contribution in [0.2, 0.25) is 0 Å². The summed E-state index contributed by atoms with van der Waals surface area (Å²) in [6.45, 7) is -0.0371. The predicted octanol–water partition coefficient (Wildman–Crippen LogP) is -0.979. The molecule has 5 nitrogen and oxygen atoms in total. The first kappa shape index (κ1) is 8.99. The third-order valence-electron chi connectivity index (χ3n) is 1.76. The second-order valence-corrected chi connectivity index (χ2v) is 3.00. The number of rotatable bonds is 5. The predicted molar refractivity (Wildman–Crippen MR) is 41.4 cm³/mol. The first-order chi connectivity index (χ1) is 5.59. The summed E-state index contributed by atoms with van der Waals surface area (Å²) in [6.07, 6.45) is 1.95. The second-order valence-electron chi connectivity index (χ2n) is 3.00. The normalized spacial score (nSPS) is 16.4. The van der Waals surface area contributed by atoms with E-state index in [1.54, 1.807) is 4.90 Å². The van der Waals surface area contributed by atoms with E-state index in [0.29, 0.717) is 0 Å². The lowest BCUT2D eigenvalue weighted by atomic mass is 10.4. The molecule has 12 heavy (non-hydrogen) atoms. The number of primary amides is 1. The van der Waals surface area contributed by atoms with E-state index in [2.05, 4.69) is 0 Å². The SMILES string of the molecule is NC(=O)CN(CC(=O)O)C1CC1. The van der Waals surface area contributed by atoms with Crippen LogP contribution >= 0.6 is 0 Å². The van der Waals surface area contributed by atoms with E-state index in [9.17, 15) is 9.59 Å². The van der Waals surface area contributed by atoms with Gasteiger partial charge in [0.05, 0.1) is 13.1 Å². The Hall–Kier alpha value is -1.10. The van der Waals surface area contributed by atoms with Gasteiger partial charge in [0, 0.05) is 6.04 Å². The maximum atomic E-state index is 10.5. The first-order valence-electron chi connectivity index (χ1n) is 3.83. The zero-order valence-electron chi connectivity index (χ0n) is 6.69. The standard InChI is InChI=1S/C7H12N2O3/c8-6(10)3-9(4-7(11)12)5-1-2-5/h5H,1-4H2,(H2,8,10)(H,11,12). The van der Waals surface area contributed by atoms with Gasteiger partial charge in [-0.1, -0.05) is 0 Å². The zero-order valence-corrected chi connectivity index (χ0v) is 6.69. The number of carbonyl (C=O) groups excluding carboxylic acids is 1. The molecule has 3 N–H and O–H groups in total. The molecule has 0 spiro atoms. The minimum absolute atomic E-state index is 0.0525. The lowest BCUT2D eigenvalue weighted by Crippen LogP contribution is -2.38. The Bertz CT molecular complexity index is 185. The highest BCUT2D eigenvalue weighted by Crippen LogP contribution is 2.25. The molecule has 1 rings (SSSR count). The smallest absolute Gasteiger partial charge is 0.317 e. The van der Waals surface area contributed by atoms with E-state index in [1.807, 2.05) is 0 Å². The van der Waals surface area contributed by atoms with Gasteiger partial charge in [-0.15, -0.1) is 0 Å². The lowest BCUT2D eigenvalue weighted by Gasteiger charge is -2.16. The van der Waals surface area contributed by atoms with Gasteiger partial charge in [-0.3, -0.25) is 14.5 Å². The van der Waals surface area contributed by atoms with E-state index in [-0.39, 0.29) is 19.1 Å². The highest BCUT2D eigenvalue weighted by molar-refractivity contribution is 5.77. The molecule has 0 unspecified atom stereocenters. The summed E-state index contributed by atoms with van der Waals surface area (Å²) in [7, 11) is 0. The van der Waals surface area contributed by atoms with Gasteiger partial charge in [-0.05, 0) is 12.8 Å². The summed E-state index contributed by atoms with van der Waals surface area (Å²) < 4.78 is 0. The van der Waals surface area contributed by atoms with E-state index in [0.717, 1.165) is 12.8 Å². The molecule has 5 heteroatoms. The molecule has 0 aromatic rings. The number of carboxylic acid groups (broad SMARTS) is 1. The summed E-state index contributed by atoms with van der Waals surface area (Å²) in [5.74, 6) is -1.38. The van der Waals surface area contributed by atoms with E-state index in [4.69, 9.17) is 10.8 Å². The second kappa shape index (κ2) is 3.53. The van der Waals surface area contributed by atoms with E-state index < -0.39 is 11.9 Å². The van der Waals surface area contributed by atoms with Crippen LogP contribution < -0.4 is 5.73 Å². The summed E-state index contributed by atoms with van der Waals surface area (Å²) in [5, 5.41) is 8.48. The van der Waals surface area contributed by atoms with Crippen molar-refractivity contribution in [2.24, 2.45) is 5.73 Å². The van der Waals surface area contributed by atoms with Crippen LogP contribution in [0.3, 0.4) is 0 Å². The van der Waals surface area contributed by atoms with E-state index >= 15 is 0 Å². The first-order valence-corrected chi connectivity index (χ1v) is 3.83. The summed E-state index contributed by atoms with van der Waals surface area (Å²) in [4.78, 5) is 22.4. The Kier molecular flexibility index (Phi) is 2.65. The fourth-order valence-corrected chi connectivity index (χ4v) is 1.13. The van der Waals surface area contributed by atoms with Crippen molar-refractivity contribution in [2.75, 3.05) is 13.1 Å². The Balaban J connectivity index is 2.37. The third-order valence-corrected chi connectivity index (χ3v) is 1.76. The molecule has 0 heterocycles. The van der Waals surface area contributed by atoms with Gasteiger partial charge in [0.15, 0.2) is 0 Å². The van der Waals surface area contributed by atoms with Crippen molar-refractivity contribution in [1.29, 1.82) is 0 Å². The van der Waals surface area contributed by atoms with Crippen LogP contribution in [-0.2, 0) is 9.59 Å². The molecule has 1 fully saturated rings. The largest absolute Gasteiger partial charge is 0.480 e. The van der Waals surface area contributed by atoms with Crippen molar-refractivity contribution in [2.45, 2.75) is 18.9 Å². The number of hydrogen-bond acceptors (Lipinski definition) is 3. The average molecular weight is 172 g/mol. The number of carboxylic acids is 1.